The molecule has 1 N–H and O–H groups in total. The molecular weight excluding hydrogens is 242 g/mol. The fourth-order valence-corrected chi connectivity index (χ4v) is 2.13. The van der Waals surface area contributed by atoms with E-state index < -0.39 is 0 Å². The highest BCUT2D eigenvalue weighted by Crippen LogP contribution is 2.06. The second-order valence-corrected chi connectivity index (χ2v) is 4.43. The minimum Gasteiger partial charge on any atom is -0.383 e. The Bertz CT molecular complexity index is 589. The van der Waals surface area contributed by atoms with Gasteiger partial charge in [0.1, 0.15) is 0 Å². The van der Waals surface area contributed by atoms with Crippen LogP contribution in [0.25, 0.3) is 10.8 Å². The van der Waals surface area contributed by atoms with Crippen molar-refractivity contribution in [2.75, 3.05) is 20.3 Å². The highest BCUT2D eigenvalue weighted by Gasteiger charge is 2.11. The molecule has 5 nitrogen and oxygen atoms in total. The van der Waals surface area contributed by atoms with E-state index in [1.54, 1.807) is 13.3 Å². The maximum Gasteiger partial charge on any atom is 0.274 e. The molecule has 1 aromatic carbocycles. The van der Waals surface area contributed by atoms with Gasteiger partial charge in [-0.05, 0) is 12.6 Å². The lowest BCUT2D eigenvalue weighted by molar-refractivity contribution is 0.157. The fraction of sp³-hybridized carbons (Fsp3) is 0.429. The molecule has 0 bridgehead atoms. The molecule has 0 fully saturated rings. The Hall–Kier alpha value is -1.72. The average molecular weight is 261 g/mol. The van der Waals surface area contributed by atoms with Crippen LogP contribution in [0.15, 0.2) is 35.3 Å². The number of likely N-dealkylation sites (N-methyl/N-ethyl adjacent to an activating group) is 1. The minimum absolute atomic E-state index is 0.0582. The predicted molar refractivity (Wildman–Crippen MR) is 75.3 cm³/mol. The van der Waals surface area contributed by atoms with Gasteiger partial charge >= 0.3 is 0 Å². The van der Waals surface area contributed by atoms with Crippen molar-refractivity contribution < 1.29 is 4.74 Å². The van der Waals surface area contributed by atoms with Crippen LogP contribution in [0, 0.1) is 0 Å². The van der Waals surface area contributed by atoms with E-state index in [9.17, 15) is 4.79 Å². The average Bonchev–Trinajstić information content (AvgIpc) is 2.43. The topological polar surface area (TPSA) is 56.1 Å². The number of ether oxygens (including phenoxy) is 1. The Kier molecular flexibility index (Phi) is 4.65. The van der Waals surface area contributed by atoms with Crippen molar-refractivity contribution in [2.45, 2.75) is 19.5 Å². The van der Waals surface area contributed by atoms with Crippen LogP contribution in [0.3, 0.4) is 0 Å². The van der Waals surface area contributed by atoms with Crippen LogP contribution in [0.2, 0.25) is 0 Å². The van der Waals surface area contributed by atoms with Gasteiger partial charge < -0.3 is 10.1 Å². The Morgan fingerprint density at radius 1 is 1.42 bits per heavy atom. The number of benzene rings is 1. The van der Waals surface area contributed by atoms with E-state index in [0.29, 0.717) is 18.5 Å². The Labute approximate surface area is 112 Å². The first-order valence-corrected chi connectivity index (χ1v) is 6.43. The lowest BCUT2D eigenvalue weighted by atomic mass is 10.2. The normalized spacial score (nSPS) is 12.7. The largest absolute Gasteiger partial charge is 0.383 e. The zero-order valence-electron chi connectivity index (χ0n) is 11.3. The van der Waals surface area contributed by atoms with E-state index >= 15 is 0 Å². The van der Waals surface area contributed by atoms with Crippen molar-refractivity contribution in [1.82, 2.24) is 15.1 Å². The molecule has 1 unspecified atom stereocenters. The van der Waals surface area contributed by atoms with Crippen molar-refractivity contribution >= 4 is 10.8 Å². The van der Waals surface area contributed by atoms with Gasteiger partial charge in [-0.1, -0.05) is 25.1 Å². The minimum atomic E-state index is -0.0582. The Balaban J connectivity index is 2.29. The molecule has 0 saturated heterocycles. The number of nitrogens with zero attached hydrogens (tertiary/aromatic N) is 2. The van der Waals surface area contributed by atoms with Crippen LogP contribution in [0.5, 0.6) is 0 Å². The second-order valence-electron chi connectivity index (χ2n) is 4.43. The summed E-state index contributed by atoms with van der Waals surface area (Å²) >= 11 is 0. The lowest BCUT2D eigenvalue weighted by Crippen LogP contribution is -2.40. The van der Waals surface area contributed by atoms with Crippen molar-refractivity contribution in [3.05, 3.63) is 40.8 Å². The highest BCUT2D eigenvalue weighted by molar-refractivity contribution is 5.80. The van der Waals surface area contributed by atoms with Gasteiger partial charge in [-0.15, -0.1) is 0 Å². The third kappa shape index (κ3) is 3.19. The zero-order valence-corrected chi connectivity index (χ0v) is 11.3. The summed E-state index contributed by atoms with van der Waals surface area (Å²) < 4.78 is 6.65. The summed E-state index contributed by atoms with van der Waals surface area (Å²) in [6.45, 7) is 3.91. The van der Waals surface area contributed by atoms with Crippen LogP contribution in [-0.4, -0.2) is 36.1 Å². The molecule has 0 amide bonds. The number of hydrogen-bond donors (Lipinski definition) is 1. The first kappa shape index (κ1) is 13.7. The number of methoxy groups -OCH3 is 1. The molecule has 102 valence electrons. The maximum absolute atomic E-state index is 12.3. The molecule has 0 aliphatic rings. The molecule has 1 heterocycles. The van der Waals surface area contributed by atoms with E-state index in [1.165, 1.54) is 4.68 Å². The van der Waals surface area contributed by atoms with Gasteiger partial charge in [-0.25, -0.2) is 4.68 Å². The van der Waals surface area contributed by atoms with Gasteiger partial charge in [0, 0.05) is 12.5 Å². The van der Waals surface area contributed by atoms with E-state index in [2.05, 4.69) is 10.4 Å². The second kappa shape index (κ2) is 6.45. The van der Waals surface area contributed by atoms with Gasteiger partial charge in [-0.2, -0.15) is 5.10 Å². The van der Waals surface area contributed by atoms with Crippen LogP contribution >= 0.6 is 0 Å². The van der Waals surface area contributed by atoms with Crippen LogP contribution in [0.4, 0.5) is 0 Å². The molecule has 0 saturated carbocycles. The van der Waals surface area contributed by atoms with Crippen molar-refractivity contribution in [3.63, 3.8) is 0 Å². The van der Waals surface area contributed by atoms with Gasteiger partial charge in [0.05, 0.1) is 30.8 Å². The summed E-state index contributed by atoms with van der Waals surface area (Å²) in [7, 11) is 1.65. The predicted octanol–water partition coefficient (Wildman–Crippen LogP) is 1.02. The molecule has 0 aliphatic carbocycles. The fourth-order valence-electron chi connectivity index (χ4n) is 2.13. The summed E-state index contributed by atoms with van der Waals surface area (Å²) in [5.41, 5.74) is -0.0582. The monoisotopic (exact) mass is 261 g/mol. The molecule has 1 aromatic heterocycles. The summed E-state index contributed by atoms with van der Waals surface area (Å²) in [6, 6.07) is 7.58. The van der Waals surface area contributed by atoms with Gasteiger partial charge in [0.25, 0.3) is 5.56 Å². The van der Waals surface area contributed by atoms with Crippen molar-refractivity contribution in [3.8, 4) is 0 Å². The quantitative estimate of drug-likeness (QED) is 0.843. The van der Waals surface area contributed by atoms with E-state index in [0.717, 1.165) is 11.9 Å². The highest BCUT2D eigenvalue weighted by atomic mass is 16.5. The van der Waals surface area contributed by atoms with Gasteiger partial charge in [0.2, 0.25) is 0 Å². The van der Waals surface area contributed by atoms with Gasteiger partial charge in [-0.3, -0.25) is 4.79 Å². The summed E-state index contributed by atoms with van der Waals surface area (Å²) in [5, 5.41) is 9.07. The molecule has 2 rings (SSSR count). The van der Waals surface area contributed by atoms with Gasteiger partial charge in [0.15, 0.2) is 0 Å². The Morgan fingerprint density at radius 2 is 2.21 bits per heavy atom. The molecule has 19 heavy (non-hydrogen) atoms. The van der Waals surface area contributed by atoms with Crippen LogP contribution in [-0.2, 0) is 11.3 Å². The third-order valence-electron chi connectivity index (χ3n) is 3.02. The third-order valence-corrected chi connectivity index (χ3v) is 3.02. The summed E-state index contributed by atoms with van der Waals surface area (Å²) in [6.07, 6.45) is 1.73. The number of hydrogen-bond acceptors (Lipinski definition) is 4. The molecular formula is C14H19N3O2. The molecule has 5 heteroatoms. The van der Waals surface area contributed by atoms with Crippen LogP contribution < -0.4 is 10.9 Å². The number of nitrogens with one attached hydrogen (secondary N) is 1. The first-order valence-electron chi connectivity index (χ1n) is 6.43. The lowest BCUT2D eigenvalue weighted by Gasteiger charge is -2.17. The Morgan fingerprint density at radius 3 is 2.95 bits per heavy atom. The summed E-state index contributed by atoms with van der Waals surface area (Å²) in [5.74, 6) is 0. The number of rotatable bonds is 6. The standard InChI is InChI=1S/C14H19N3O2/c1-3-15-12(10-19-2)9-17-14(18)13-7-5-4-6-11(13)8-16-17/h4-8,12,15H,3,9-10H2,1-2H3. The molecule has 0 radical (unpaired) electrons. The molecule has 2 aromatic rings. The van der Waals surface area contributed by atoms with E-state index in [1.807, 2.05) is 31.2 Å². The van der Waals surface area contributed by atoms with Crippen molar-refractivity contribution in [1.29, 1.82) is 0 Å². The molecule has 0 spiro atoms. The number of aromatic nitrogens is 2. The van der Waals surface area contributed by atoms with Crippen molar-refractivity contribution in [2.24, 2.45) is 0 Å². The van der Waals surface area contributed by atoms with E-state index in [4.69, 9.17) is 4.74 Å². The maximum atomic E-state index is 12.3. The first-order chi connectivity index (χ1) is 9.26. The van der Waals surface area contributed by atoms with Crippen LogP contribution in [0.1, 0.15) is 6.92 Å². The number of fused-ring (bicyclic) bond motifs is 1. The smallest absolute Gasteiger partial charge is 0.274 e. The summed E-state index contributed by atoms with van der Waals surface area (Å²) in [4.78, 5) is 12.3. The molecule has 1 atom stereocenters. The SMILES string of the molecule is CCNC(COC)Cn1ncc2ccccc2c1=O. The molecule has 0 aliphatic heterocycles. The zero-order chi connectivity index (χ0) is 13.7. The van der Waals surface area contributed by atoms with E-state index in [-0.39, 0.29) is 11.6 Å².